The van der Waals surface area contributed by atoms with E-state index in [1.807, 2.05) is 43.7 Å². The Hall–Kier alpha value is -1.90. The Morgan fingerprint density at radius 2 is 2.31 bits per heavy atom. The maximum atomic E-state index is 11.8. The Morgan fingerprint density at radius 1 is 1.44 bits per heavy atom. The highest BCUT2D eigenvalue weighted by atomic mass is 16.1. The molecule has 0 atom stereocenters. The molecule has 2 rings (SSSR count). The van der Waals surface area contributed by atoms with Crippen molar-refractivity contribution in [3.63, 3.8) is 0 Å². The average Bonchev–Trinajstić information content (AvgIpc) is 2.33. The van der Waals surface area contributed by atoms with E-state index in [1.165, 1.54) is 0 Å². The van der Waals surface area contributed by atoms with E-state index in [9.17, 15) is 4.79 Å². The molecule has 1 radical (unpaired) electrons. The topological polar surface area (TPSA) is 42.0 Å². The van der Waals surface area contributed by atoms with Gasteiger partial charge in [0, 0.05) is 11.3 Å². The number of pyridine rings is 1. The monoisotopic (exact) mass is 213 g/mol. The fraction of sp³-hybridized carbons (Fsp3) is 0.154. The summed E-state index contributed by atoms with van der Waals surface area (Å²) in [7, 11) is 0. The van der Waals surface area contributed by atoms with E-state index in [1.54, 1.807) is 6.20 Å². The first-order valence-corrected chi connectivity index (χ1v) is 5.20. The number of hydrogen-bond acceptors (Lipinski definition) is 2. The van der Waals surface area contributed by atoms with Gasteiger partial charge in [0.25, 0.3) is 5.91 Å². The van der Waals surface area contributed by atoms with Crippen LogP contribution in [0.15, 0.2) is 42.1 Å². The molecule has 1 aliphatic carbocycles. The molecule has 0 bridgehead atoms. The van der Waals surface area contributed by atoms with Crippen LogP contribution in [0.5, 0.6) is 0 Å². The van der Waals surface area contributed by atoms with Crippen molar-refractivity contribution in [2.75, 3.05) is 5.32 Å². The minimum Gasteiger partial charge on any atom is -0.321 e. The van der Waals surface area contributed by atoms with Crippen molar-refractivity contribution in [1.29, 1.82) is 0 Å². The number of aryl methyl sites for hydroxylation is 1. The summed E-state index contributed by atoms with van der Waals surface area (Å²) in [4.78, 5) is 15.9. The highest BCUT2D eigenvalue weighted by Gasteiger charge is 2.08. The number of rotatable bonds is 2. The molecule has 0 saturated carbocycles. The summed E-state index contributed by atoms with van der Waals surface area (Å²) < 4.78 is 0. The smallest absolute Gasteiger partial charge is 0.255 e. The summed E-state index contributed by atoms with van der Waals surface area (Å²) in [5.74, 6) is -0.0992. The predicted molar refractivity (Wildman–Crippen MR) is 63.7 cm³/mol. The van der Waals surface area contributed by atoms with Gasteiger partial charge in [-0.05, 0) is 31.9 Å². The minimum atomic E-state index is -0.0992. The number of carbonyl (C=O) groups excluding carboxylic acids is 1. The van der Waals surface area contributed by atoms with Crippen LogP contribution < -0.4 is 5.32 Å². The quantitative estimate of drug-likeness (QED) is 0.819. The molecular weight excluding hydrogens is 200 g/mol. The molecule has 0 saturated heterocycles. The zero-order valence-corrected chi connectivity index (χ0v) is 9.10. The van der Waals surface area contributed by atoms with E-state index in [2.05, 4.69) is 10.3 Å². The van der Waals surface area contributed by atoms with E-state index in [0.717, 1.165) is 17.8 Å². The lowest BCUT2D eigenvalue weighted by Gasteiger charge is -2.07. The van der Waals surface area contributed by atoms with Crippen LogP contribution in [0, 0.1) is 13.3 Å². The number of nitrogens with zero attached hydrogens (tertiary/aromatic N) is 1. The van der Waals surface area contributed by atoms with Gasteiger partial charge in [0.05, 0.1) is 11.9 Å². The standard InChI is InChI=1S/C13H13N2O/c1-10-7-8-12(9-14-10)15-13(16)11-5-3-2-4-6-11/h3-9H,2H2,1H3,(H,15,16). The number of allylic oxidation sites excluding steroid dienone is 2. The number of carbonyl (C=O) groups is 1. The third-order valence-electron chi connectivity index (χ3n) is 2.30. The van der Waals surface area contributed by atoms with Crippen LogP contribution in [0.4, 0.5) is 5.69 Å². The van der Waals surface area contributed by atoms with Gasteiger partial charge >= 0.3 is 0 Å². The molecule has 0 aromatic carbocycles. The molecule has 0 aliphatic heterocycles. The van der Waals surface area contributed by atoms with Gasteiger partial charge in [-0.25, -0.2) is 0 Å². The number of aromatic nitrogens is 1. The van der Waals surface area contributed by atoms with Crippen molar-refractivity contribution in [1.82, 2.24) is 4.98 Å². The van der Waals surface area contributed by atoms with Crippen molar-refractivity contribution in [3.8, 4) is 0 Å². The Balaban J connectivity index is 2.04. The fourth-order valence-electron chi connectivity index (χ4n) is 1.42. The number of hydrogen-bond donors (Lipinski definition) is 1. The summed E-state index contributed by atoms with van der Waals surface area (Å²) >= 11 is 0. The zero-order chi connectivity index (χ0) is 11.4. The van der Waals surface area contributed by atoms with Gasteiger partial charge in [-0.1, -0.05) is 18.2 Å². The second-order valence-corrected chi connectivity index (χ2v) is 3.64. The normalized spacial score (nSPS) is 14.4. The molecule has 1 heterocycles. The van der Waals surface area contributed by atoms with Crippen molar-refractivity contribution in [2.45, 2.75) is 13.3 Å². The van der Waals surface area contributed by atoms with E-state index in [-0.39, 0.29) is 5.91 Å². The molecule has 1 N–H and O–H groups in total. The molecule has 3 heteroatoms. The van der Waals surface area contributed by atoms with Gasteiger partial charge in [0.15, 0.2) is 0 Å². The highest BCUT2D eigenvalue weighted by Crippen LogP contribution is 2.12. The van der Waals surface area contributed by atoms with Crippen LogP contribution in [0.2, 0.25) is 0 Å². The Bertz CT molecular complexity index is 444. The molecule has 16 heavy (non-hydrogen) atoms. The lowest BCUT2D eigenvalue weighted by atomic mass is 10.1. The number of anilines is 1. The lowest BCUT2D eigenvalue weighted by molar-refractivity contribution is -0.112. The maximum absolute atomic E-state index is 11.8. The minimum absolute atomic E-state index is 0.0992. The molecule has 0 unspecified atom stereocenters. The largest absolute Gasteiger partial charge is 0.321 e. The maximum Gasteiger partial charge on any atom is 0.255 e. The summed E-state index contributed by atoms with van der Waals surface area (Å²) in [5, 5.41) is 2.80. The Morgan fingerprint density at radius 3 is 2.94 bits per heavy atom. The first kappa shape index (κ1) is 10.6. The van der Waals surface area contributed by atoms with Crippen molar-refractivity contribution < 1.29 is 4.79 Å². The SMILES string of the molecule is Cc1ccc(NC(=O)C2=C[CH]CC=C2)cn1. The van der Waals surface area contributed by atoms with Gasteiger partial charge in [-0.15, -0.1) is 0 Å². The predicted octanol–water partition coefficient (Wildman–Crippen LogP) is 2.42. The highest BCUT2D eigenvalue weighted by molar-refractivity contribution is 6.05. The molecule has 3 nitrogen and oxygen atoms in total. The van der Waals surface area contributed by atoms with Crippen LogP contribution in [0.25, 0.3) is 0 Å². The van der Waals surface area contributed by atoms with E-state index in [0.29, 0.717) is 5.57 Å². The second-order valence-electron chi connectivity index (χ2n) is 3.64. The Labute approximate surface area is 94.9 Å². The molecule has 0 spiro atoms. The molecule has 81 valence electrons. The molecule has 1 aromatic rings. The molecule has 1 aromatic heterocycles. The van der Waals surface area contributed by atoms with Crippen molar-refractivity contribution in [3.05, 3.63) is 54.2 Å². The first-order valence-electron chi connectivity index (χ1n) is 5.20. The van der Waals surface area contributed by atoms with Crippen LogP contribution in [0.1, 0.15) is 12.1 Å². The van der Waals surface area contributed by atoms with Crippen LogP contribution in [-0.4, -0.2) is 10.9 Å². The van der Waals surface area contributed by atoms with Gasteiger partial charge in [0.1, 0.15) is 0 Å². The average molecular weight is 213 g/mol. The number of nitrogens with one attached hydrogen (secondary N) is 1. The fourth-order valence-corrected chi connectivity index (χ4v) is 1.42. The van der Waals surface area contributed by atoms with E-state index < -0.39 is 0 Å². The van der Waals surface area contributed by atoms with Gasteiger partial charge < -0.3 is 5.32 Å². The van der Waals surface area contributed by atoms with Crippen LogP contribution >= 0.6 is 0 Å². The van der Waals surface area contributed by atoms with Gasteiger partial charge in [-0.3, -0.25) is 9.78 Å². The summed E-state index contributed by atoms with van der Waals surface area (Å²) in [6.45, 7) is 1.91. The second kappa shape index (κ2) is 4.75. The molecule has 0 fully saturated rings. The molecule has 1 aliphatic rings. The van der Waals surface area contributed by atoms with Crippen molar-refractivity contribution >= 4 is 11.6 Å². The van der Waals surface area contributed by atoms with Gasteiger partial charge in [-0.2, -0.15) is 0 Å². The van der Waals surface area contributed by atoms with E-state index >= 15 is 0 Å². The third kappa shape index (κ3) is 2.57. The molecular formula is C13H13N2O. The summed E-state index contributed by atoms with van der Waals surface area (Å²) in [6, 6.07) is 3.71. The Kier molecular flexibility index (Phi) is 3.15. The van der Waals surface area contributed by atoms with E-state index in [4.69, 9.17) is 0 Å². The summed E-state index contributed by atoms with van der Waals surface area (Å²) in [6.07, 6.45) is 10.1. The first-order chi connectivity index (χ1) is 7.75. The van der Waals surface area contributed by atoms with Crippen LogP contribution in [0.3, 0.4) is 0 Å². The zero-order valence-electron chi connectivity index (χ0n) is 9.10. The molecule has 1 amide bonds. The third-order valence-corrected chi connectivity index (χ3v) is 2.30. The van der Waals surface area contributed by atoms with Crippen molar-refractivity contribution in [2.24, 2.45) is 0 Å². The van der Waals surface area contributed by atoms with Crippen LogP contribution in [-0.2, 0) is 4.79 Å². The lowest BCUT2D eigenvalue weighted by Crippen LogP contribution is -2.14. The summed E-state index contributed by atoms with van der Waals surface area (Å²) in [5.41, 5.74) is 2.32. The van der Waals surface area contributed by atoms with Gasteiger partial charge in [0.2, 0.25) is 0 Å². The number of amides is 1.